The molecule has 0 amide bonds. The van der Waals surface area contributed by atoms with Gasteiger partial charge >= 0.3 is 0 Å². The van der Waals surface area contributed by atoms with Crippen LogP contribution in [-0.2, 0) is 0 Å². The zero-order valence-corrected chi connectivity index (χ0v) is 9.75. The molecule has 1 unspecified atom stereocenters. The Balaban J connectivity index is 1.67. The zero-order valence-electron chi connectivity index (χ0n) is 9.75. The van der Waals surface area contributed by atoms with Crippen molar-refractivity contribution in [2.24, 2.45) is 5.92 Å². The Bertz CT molecular complexity index is 211. The summed E-state index contributed by atoms with van der Waals surface area (Å²) in [6, 6.07) is 1.76. The third-order valence-corrected chi connectivity index (χ3v) is 4.78. The lowest BCUT2D eigenvalue weighted by Gasteiger charge is -2.43. The van der Waals surface area contributed by atoms with E-state index in [1.165, 1.54) is 64.6 Å². The Kier molecular flexibility index (Phi) is 2.98. The third kappa shape index (κ3) is 1.94. The van der Waals surface area contributed by atoms with E-state index in [1.54, 1.807) is 0 Å². The van der Waals surface area contributed by atoms with Gasteiger partial charge in [-0.25, -0.2) is 0 Å². The first-order chi connectivity index (χ1) is 7.45. The van der Waals surface area contributed by atoms with Crippen LogP contribution in [0, 0.1) is 5.92 Å². The quantitative estimate of drug-likeness (QED) is 0.709. The highest BCUT2D eigenvalue weighted by Gasteiger charge is 2.37. The van der Waals surface area contributed by atoms with Crippen LogP contribution < -0.4 is 5.32 Å². The predicted octanol–water partition coefficient (Wildman–Crippen LogP) is 2.00. The van der Waals surface area contributed by atoms with Gasteiger partial charge in [0.25, 0.3) is 0 Å². The van der Waals surface area contributed by atoms with Crippen molar-refractivity contribution in [3.63, 3.8) is 0 Å². The molecule has 2 nitrogen and oxygen atoms in total. The van der Waals surface area contributed by atoms with Gasteiger partial charge in [0.15, 0.2) is 0 Å². The number of nitrogens with zero attached hydrogens (tertiary/aromatic N) is 1. The van der Waals surface area contributed by atoms with Gasteiger partial charge in [0.2, 0.25) is 0 Å². The monoisotopic (exact) mass is 208 g/mol. The van der Waals surface area contributed by atoms with Crippen molar-refractivity contribution in [3.05, 3.63) is 0 Å². The maximum absolute atomic E-state index is 3.66. The summed E-state index contributed by atoms with van der Waals surface area (Å²) in [5.41, 5.74) is 0. The van der Waals surface area contributed by atoms with E-state index < -0.39 is 0 Å². The minimum atomic E-state index is 0.880. The van der Waals surface area contributed by atoms with Crippen LogP contribution in [-0.4, -0.2) is 36.6 Å². The highest BCUT2D eigenvalue weighted by molar-refractivity contribution is 4.94. The van der Waals surface area contributed by atoms with Crippen LogP contribution in [0.2, 0.25) is 0 Å². The van der Waals surface area contributed by atoms with Crippen molar-refractivity contribution in [2.75, 3.05) is 19.6 Å². The average Bonchev–Trinajstić information content (AvgIpc) is 2.78. The van der Waals surface area contributed by atoms with E-state index in [0.717, 1.165) is 18.0 Å². The fourth-order valence-corrected chi connectivity index (χ4v) is 3.99. The van der Waals surface area contributed by atoms with E-state index in [2.05, 4.69) is 10.2 Å². The Morgan fingerprint density at radius 3 is 2.60 bits per heavy atom. The van der Waals surface area contributed by atoms with E-state index in [4.69, 9.17) is 0 Å². The smallest absolute Gasteiger partial charge is 0.0252 e. The molecule has 86 valence electrons. The lowest BCUT2D eigenvalue weighted by Crippen LogP contribution is -2.57. The molecule has 1 aliphatic carbocycles. The van der Waals surface area contributed by atoms with Crippen LogP contribution in [0.15, 0.2) is 0 Å². The third-order valence-electron chi connectivity index (χ3n) is 4.78. The molecule has 0 spiro atoms. The van der Waals surface area contributed by atoms with E-state index in [-0.39, 0.29) is 0 Å². The molecule has 2 heteroatoms. The van der Waals surface area contributed by atoms with Crippen molar-refractivity contribution in [1.82, 2.24) is 10.2 Å². The summed E-state index contributed by atoms with van der Waals surface area (Å²) in [5.74, 6) is 1.01. The normalized spacial score (nSPS) is 39.2. The van der Waals surface area contributed by atoms with E-state index in [9.17, 15) is 0 Å². The number of nitrogens with one attached hydrogen (secondary N) is 1. The topological polar surface area (TPSA) is 15.3 Å². The molecule has 0 radical (unpaired) electrons. The maximum atomic E-state index is 3.66. The number of rotatable bonds is 1. The number of piperazine rings is 1. The van der Waals surface area contributed by atoms with Crippen molar-refractivity contribution < 1.29 is 0 Å². The largest absolute Gasteiger partial charge is 0.314 e. The highest BCUT2D eigenvalue weighted by atomic mass is 15.3. The van der Waals surface area contributed by atoms with Crippen molar-refractivity contribution in [1.29, 1.82) is 0 Å². The second-order valence-corrected chi connectivity index (χ2v) is 5.66. The molecular weight excluding hydrogens is 184 g/mol. The molecule has 0 bridgehead atoms. The molecule has 15 heavy (non-hydrogen) atoms. The minimum Gasteiger partial charge on any atom is -0.314 e. The van der Waals surface area contributed by atoms with Crippen LogP contribution in [0.5, 0.6) is 0 Å². The van der Waals surface area contributed by atoms with E-state index >= 15 is 0 Å². The molecular formula is C13H24N2. The van der Waals surface area contributed by atoms with Crippen LogP contribution in [0.3, 0.4) is 0 Å². The summed E-state index contributed by atoms with van der Waals surface area (Å²) in [5, 5.41) is 3.66. The summed E-state index contributed by atoms with van der Waals surface area (Å²) in [6.45, 7) is 3.90. The first-order valence-corrected chi connectivity index (χ1v) is 6.91. The molecule has 0 aromatic carbocycles. The predicted molar refractivity (Wildman–Crippen MR) is 63.0 cm³/mol. The van der Waals surface area contributed by atoms with Crippen LogP contribution in [0.1, 0.15) is 44.9 Å². The molecule has 1 N–H and O–H groups in total. The molecule has 3 fully saturated rings. The fourth-order valence-electron chi connectivity index (χ4n) is 3.99. The second-order valence-electron chi connectivity index (χ2n) is 5.66. The standard InChI is InChI=1S/C13H24N2/c1-2-5-11(6-3-1)13-10-14-9-12-7-4-8-15(12)13/h11-14H,1-10H2/t12-,13?/m0/s1. The Hall–Kier alpha value is -0.0800. The van der Waals surface area contributed by atoms with Gasteiger partial charge in [0.05, 0.1) is 0 Å². The first kappa shape index (κ1) is 10.1. The van der Waals surface area contributed by atoms with Crippen molar-refractivity contribution in [2.45, 2.75) is 57.0 Å². The van der Waals surface area contributed by atoms with Gasteiger partial charge in [0.1, 0.15) is 0 Å². The van der Waals surface area contributed by atoms with Crippen LogP contribution in [0.25, 0.3) is 0 Å². The van der Waals surface area contributed by atoms with Gasteiger partial charge in [-0.15, -0.1) is 0 Å². The molecule has 2 atom stereocenters. The highest BCUT2D eigenvalue weighted by Crippen LogP contribution is 2.33. The van der Waals surface area contributed by atoms with Crippen LogP contribution >= 0.6 is 0 Å². The van der Waals surface area contributed by atoms with Gasteiger partial charge in [-0.1, -0.05) is 19.3 Å². The van der Waals surface area contributed by atoms with Gasteiger partial charge in [-0.05, 0) is 38.1 Å². The average molecular weight is 208 g/mol. The van der Waals surface area contributed by atoms with Crippen LogP contribution in [0.4, 0.5) is 0 Å². The lowest BCUT2D eigenvalue weighted by atomic mass is 9.82. The van der Waals surface area contributed by atoms with E-state index in [0.29, 0.717) is 0 Å². The summed E-state index contributed by atoms with van der Waals surface area (Å²) in [6.07, 6.45) is 10.3. The zero-order chi connectivity index (χ0) is 10.1. The maximum Gasteiger partial charge on any atom is 0.0252 e. The molecule has 0 aromatic heterocycles. The summed E-state index contributed by atoms with van der Waals surface area (Å²) in [7, 11) is 0. The van der Waals surface area contributed by atoms with Gasteiger partial charge in [-0.3, -0.25) is 4.90 Å². The summed E-state index contributed by atoms with van der Waals surface area (Å²) in [4.78, 5) is 2.84. The second kappa shape index (κ2) is 4.42. The number of fused-ring (bicyclic) bond motifs is 1. The summed E-state index contributed by atoms with van der Waals surface area (Å²) >= 11 is 0. The van der Waals surface area contributed by atoms with Crippen molar-refractivity contribution in [3.8, 4) is 0 Å². The molecule has 3 rings (SSSR count). The molecule has 2 saturated heterocycles. The molecule has 1 saturated carbocycles. The van der Waals surface area contributed by atoms with Gasteiger partial charge in [0, 0.05) is 25.2 Å². The Morgan fingerprint density at radius 1 is 0.867 bits per heavy atom. The Labute approximate surface area is 93.4 Å². The number of hydrogen-bond donors (Lipinski definition) is 1. The van der Waals surface area contributed by atoms with Gasteiger partial charge < -0.3 is 5.32 Å². The molecule has 0 aromatic rings. The van der Waals surface area contributed by atoms with Gasteiger partial charge in [-0.2, -0.15) is 0 Å². The summed E-state index contributed by atoms with van der Waals surface area (Å²) < 4.78 is 0. The van der Waals surface area contributed by atoms with E-state index in [1.807, 2.05) is 0 Å². The molecule has 2 aliphatic heterocycles. The first-order valence-electron chi connectivity index (χ1n) is 6.91. The fraction of sp³-hybridized carbons (Fsp3) is 1.00. The SMILES string of the molecule is C1CCC(C2CNC[C@@H]3CCCN23)CC1. The molecule has 2 heterocycles. The number of hydrogen-bond acceptors (Lipinski definition) is 2. The van der Waals surface area contributed by atoms with Crippen molar-refractivity contribution >= 4 is 0 Å². The Morgan fingerprint density at radius 2 is 1.73 bits per heavy atom. The molecule has 3 aliphatic rings. The minimum absolute atomic E-state index is 0.880. The lowest BCUT2D eigenvalue weighted by molar-refractivity contribution is 0.0762.